The van der Waals surface area contributed by atoms with Gasteiger partial charge in [0.15, 0.2) is 0 Å². The van der Waals surface area contributed by atoms with Crippen molar-refractivity contribution in [2.75, 3.05) is 10.6 Å². The number of hydrogen-bond acceptors (Lipinski definition) is 3. The van der Waals surface area contributed by atoms with Gasteiger partial charge >= 0.3 is 0 Å². The van der Waals surface area contributed by atoms with E-state index in [0.717, 1.165) is 35.7 Å². The van der Waals surface area contributed by atoms with Gasteiger partial charge in [-0.2, -0.15) is 0 Å². The van der Waals surface area contributed by atoms with Crippen LogP contribution in [0.1, 0.15) is 24.4 Å². The molecule has 0 radical (unpaired) electrons. The van der Waals surface area contributed by atoms with E-state index in [1.165, 1.54) is 0 Å². The summed E-state index contributed by atoms with van der Waals surface area (Å²) in [4.78, 5) is 19.1. The van der Waals surface area contributed by atoms with Crippen LogP contribution in [-0.2, 0) is 11.3 Å². The minimum absolute atomic E-state index is 0.131. The fraction of sp³-hybridized carbons (Fsp3) is 0.333. The van der Waals surface area contributed by atoms with Crippen molar-refractivity contribution in [3.8, 4) is 0 Å². The Kier molecular flexibility index (Phi) is 3.41. The first-order valence-electron chi connectivity index (χ1n) is 6.86. The molecule has 1 fully saturated rings. The Labute approximate surface area is 117 Å². The van der Waals surface area contributed by atoms with Crippen LogP contribution in [-0.4, -0.2) is 15.9 Å². The van der Waals surface area contributed by atoms with Gasteiger partial charge in [0, 0.05) is 17.3 Å². The molecule has 1 aromatic heterocycles. The number of H-pyrrole nitrogens is 1. The van der Waals surface area contributed by atoms with Gasteiger partial charge in [-0.3, -0.25) is 4.79 Å². The Morgan fingerprint density at radius 2 is 2.20 bits per heavy atom. The zero-order valence-corrected chi connectivity index (χ0v) is 11.4. The number of aryl methyl sites for hydroxylation is 1. The SMILES string of the molecule is Cc1ncc(CNc2cccc(NC(=O)C3CC3)c2)[nH]1. The lowest BCUT2D eigenvalue weighted by molar-refractivity contribution is -0.117. The third-order valence-corrected chi connectivity index (χ3v) is 3.32. The molecule has 104 valence electrons. The summed E-state index contributed by atoms with van der Waals surface area (Å²) < 4.78 is 0. The number of anilines is 2. The molecule has 1 aromatic carbocycles. The van der Waals surface area contributed by atoms with Gasteiger partial charge in [-0.1, -0.05) is 6.07 Å². The molecule has 2 aromatic rings. The summed E-state index contributed by atoms with van der Waals surface area (Å²) in [5.74, 6) is 1.26. The highest BCUT2D eigenvalue weighted by atomic mass is 16.2. The summed E-state index contributed by atoms with van der Waals surface area (Å²) in [7, 11) is 0. The first-order valence-corrected chi connectivity index (χ1v) is 6.86. The Bertz CT molecular complexity index is 616. The lowest BCUT2D eigenvalue weighted by atomic mass is 10.2. The molecule has 0 saturated heterocycles. The molecule has 0 spiro atoms. The molecule has 5 heteroatoms. The van der Waals surface area contributed by atoms with E-state index in [2.05, 4.69) is 20.6 Å². The summed E-state index contributed by atoms with van der Waals surface area (Å²) in [5.41, 5.74) is 2.86. The Morgan fingerprint density at radius 3 is 2.90 bits per heavy atom. The molecular weight excluding hydrogens is 252 g/mol. The van der Waals surface area contributed by atoms with Crippen LogP contribution in [0.25, 0.3) is 0 Å². The molecule has 0 bridgehead atoms. The molecule has 1 aliphatic carbocycles. The molecule has 20 heavy (non-hydrogen) atoms. The lowest BCUT2D eigenvalue weighted by Crippen LogP contribution is -2.13. The molecule has 3 rings (SSSR count). The number of rotatable bonds is 5. The van der Waals surface area contributed by atoms with Gasteiger partial charge in [0.1, 0.15) is 5.82 Å². The van der Waals surface area contributed by atoms with Crippen LogP contribution >= 0.6 is 0 Å². The van der Waals surface area contributed by atoms with Crippen LogP contribution in [0.15, 0.2) is 30.5 Å². The number of carbonyl (C=O) groups is 1. The lowest BCUT2D eigenvalue weighted by Gasteiger charge is -2.08. The van der Waals surface area contributed by atoms with Crippen molar-refractivity contribution < 1.29 is 4.79 Å². The first kappa shape index (κ1) is 12.7. The van der Waals surface area contributed by atoms with Crippen LogP contribution < -0.4 is 10.6 Å². The third-order valence-electron chi connectivity index (χ3n) is 3.32. The minimum Gasteiger partial charge on any atom is -0.379 e. The van der Waals surface area contributed by atoms with Crippen molar-refractivity contribution in [3.05, 3.63) is 42.0 Å². The Balaban J connectivity index is 1.60. The maximum Gasteiger partial charge on any atom is 0.227 e. The number of nitrogens with one attached hydrogen (secondary N) is 3. The number of nitrogens with zero attached hydrogens (tertiary/aromatic N) is 1. The molecule has 3 N–H and O–H groups in total. The molecule has 1 amide bonds. The highest BCUT2D eigenvalue weighted by Crippen LogP contribution is 2.30. The van der Waals surface area contributed by atoms with Gasteiger partial charge in [0.25, 0.3) is 0 Å². The minimum atomic E-state index is 0.131. The summed E-state index contributed by atoms with van der Waals surface area (Å²) in [6, 6.07) is 7.77. The van der Waals surface area contributed by atoms with Crippen molar-refractivity contribution in [1.82, 2.24) is 9.97 Å². The highest BCUT2D eigenvalue weighted by molar-refractivity contribution is 5.94. The van der Waals surface area contributed by atoms with Crippen molar-refractivity contribution in [2.45, 2.75) is 26.3 Å². The number of amides is 1. The van der Waals surface area contributed by atoms with Crippen LogP contribution in [0.5, 0.6) is 0 Å². The smallest absolute Gasteiger partial charge is 0.227 e. The summed E-state index contributed by atoms with van der Waals surface area (Å²) in [6.07, 6.45) is 3.85. The van der Waals surface area contributed by atoms with Gasteiger partial charge in [-0.05, 0) is 38.0 Å². The van der Waals surface area contributed by atoms with Crippen molar-refractivity contribution in [1.29, 1.82) is 0 Å². The molecule has 5 nitrogen and oxygen atoms in total. The molecule has 1 aliphatic rings. The average Bonchev–Trinajstić information content (AvgIpc) is 3.20. The van der Waals surface area contributed by atoms with E-state index in [9.17, 15) is 4.79 Å². The van der Waals surface area contributed by atoms with Gasteiger partial charge in [0.2, 0.25) is 5.91 Å². The maximum absolute atomic E-state index is 11.7. The number of aromatic amines is 1. The van der Waals surface area contributed by atoms with Crippen LogP contribution in [0.4, 0.5) is 11.4 Å². The van der Waals surface area contributed by atoms with E-state index in [4.69, 9.17) is 0 Å². The van der Waals surface area contributed by atoms with Crippen LogP contribution in [0, 0.1) is 12.8 Å². The predicted octanol–water partition coefficient (Wildman–Crippen LogP) is 2.68. The second kappa shape index (κ2) is 5.36. The monoisotopic (exact) mass is 270 g/mol. The maximum atomic E-state index is 11.7. The van der Waals surface area contributed by atoms with Gasteiger partial charge < -0.3 is 15.6 Å². The molecule has 1 saturated carbocycles. The zero-order valence-electron chi connectivity index (χ0n) is 11.4. The second-order valence-corrected chi connectivity index (χ2v) is 5.19. The average molecular weight is 270 g/mol. The van der Waals surface area contributed by atoms with E-state index in [1.54, 1.807) is 0 Å². The van der Waals surface area contributed by atoms with Crippen molar-refractivity contribution in [3.63, 3.8) is 0 Å². The van der Waals surface area contributed by atoms with Gasteiger partial charge in [0.05, 0.1) is 18.4 Å². The number of carbonyl (C=O) groups excluding carboxylic acids is 1. The number of hydrogen-bond donors (Lipinski definition) is 3. The zero-order chi connectivity index (χ0) is 13.9. The fourth-order valence-electron chi connectivity index (χ4n) is 2.06. The largest absolute Gasteiger partial charge is 0.379 e. The van der Waals surface area contributed by atoms with E-state index < -0.39 is 0 Å². The second-order valence-electron chi connectivity index (χ2n) is 5.19. The van der Waals surface area contributed by atoms with Gasteiger partial charge in [-0.15, -0.1) is 0 Å². The number of benzene rings is 1. The van der Waals surface area contributed by atoms with Crippen LogP contribution in [0.2, 0.25) is 0 Å². The van der Waals surface area contributed by atoms with Gasteiger partial charge in [-0.25, -0.2) is 4.98 Å². The first-order chi connectivity index (χ1) is 9.70. The quantitative estimate of drug-likeness (QED) is 0.782. The molecular formula is C15H18N4O. The van der Waals surface area contributed by atoms with E-state index >= 15 is 0 Å². The van der Waals surface area contributed by atoms with E-state index in [0.29, 0.717) is 6.54 Å². The standard InChI is InChI=1S/C15H18N4O/c1-10-16-8-14(18-10)9-17-12-3-2-4-13(7-12)19-15(20)11-5-6-11/h2-4,7-8,11,17H,5-6,9H2,1H3,(H,16,18)(H,19,20). The number of imidazole rings is 1. The number of aromatic nitrogens is 2. The molecule has 0 unspecified atom stereocenters. The Hall–Kier alpha value is -2.30. The predicted molar refractivity (Wildman–Crippen MR) is 78.4 cm³/mol. The summed E-state index contributed by atoms with van der Waals surface area (Å²) in [5, 5.41) is 6.26. The molecule has 1 heterocycles. The molecule has 0 atom stereocenters. The molecule has 0 aliphatic heterocycles. The summed E-state index contributed by atoms with van der Waals surface area (Å²) in [6.45, 7) is 2.61. The van der Waals surface area contributed by atoms with Crippen LogP contribution in [0.3, 0.4) is 0 Å². The summed E-state index contributed by atoms with van der Waals surface area (Å²) >= 11 is 0. The highest BCUT2D eigenvalue weighted by Gasteiger charge is 2.29. The van der Waals surface area contributed by atoms with E-state index in [1.807, 2.05) is 37.4 Å². The fourth-order valence-corrected chi connectivity index (χ4v) is 2.06. The van der Waals surface area contributed by atoms with Crippen molar-refractivity contribution >= 4 is 17.3 Å². The Morgan fingerprint density at radius 1 is 1.40 bits per heavy atom. The topological polar surface area (TPSA) is 69.8 Å². The normalized spacial score (nSPS) is 14.1. The van der Waals surface area contributed by atoms with E-state index in [-0.39, 0.29) is 11.8 Å². The third kappa shape index (κ3) is 3.17. The van der Waals surface area contributed by atoms with Crippen molar-refractivity contribution in [2.24, 2.45) is 5.92 Å².